The van der Waals surface area contributed by atoms with E-state index in [4.69, 9.17) is 11.6 Å². The summed E-state index contributed by atoms with van der Waals surface area (Å²) in [4.78, 5) is 7.94. The van der Waals surface area contributed by atoms with Gasteiger partial charge in [0.05, 0.1) is 16.9 Å². The molecule has 0 saturated heterocycles. The molecule has 0 radical (unpaired) electrons. The normalized spacial score (nSPS) is 10.6. The molecule has 2 aromatic rings. The molecule has 0 amide bonds. The Morgan fingerprint density at radius 1 is 1.24 bits per heavy atom. The summed E-state index contributed by atoms with van der Waals surface area (Å²) in [7, 11) is 0. The van der Waals surface area contributed by atoms with Gasteiger partial charge in [-0.05, 0) is 12.1 Å². The predicted octanol–water partition coefficient (Wildman–Crippen LogP) is 3.40. The first kappa shape index (κ1) is 11.7. The SMILES string of the molecule is FC(F)Oc1cc(-c2cnccn2)ccc1Cl. The highest BCUT2D eigenvalue weighted by Crippen LogP contribution is 2.30. The fourth-order valence-electron chi connectivity index (χ4n) is 1.30. The van der Waals surface area contributed by atoms with E-state index in [2.05, 4.69) is 14.7 Å². The van der Waals surface area contributed by atoms with E-state index in [1.54, 1.807) is 6.07 Å². The largest absolute Gasteiger partial charge is 0.433 e. The Labute approximate surface area is 101 Å². The lowest BCUT2D eigenvalue weighted by Crippen LogP contribution is -2.02. The number of halogens is 3. The van der Waals surface area contributed by atoms with Crippen molar-refractivity contribution in [1.29, 1.82) is 0 Å². The number of ether oxygens (including phenoxy) is 1. The monoisotopic (exact) mass is 256 g/mol. The molecule has 0 N–H and O–H groups in total. The van der Waals surface area contributed by atoms with Crippen LogP contribution in [-0.4, -0.2) is 16.6 Å². The minimum Gasteiger partial charge on any atom is -0.433 e. The number of hydrogen-bond donors (Lipinski definition) is 0. The van der Waals surface area contributed by atoms with Crippen LogP contribution in [0.3, 0.4) is 0 Å². The van der Waals surface area contributed by atoms with Gasteiger partial charge < -0.3 is 4.74 Å². The summed E-state index contributed by atoms with van der Waals surface area (Å²) in [6.45, 7) is -2.91. The van der Waals surface area contributed by atoms with Gasteiger partial charge >= 0.3 is 6.61 Å². The summed E-state index contributed by atoms with van der Waals surface area (Å²) in [5, 5.41) is 0.123. The first-order valence-electron chi connectivity index (χ1n) is 4.67. The van der Waals surface area contributed by atoms with Gasteiger partial charge in [-0.2, -0.15) is 8.78 Å². The van der Waals surface area contributed by atoms with E-state index < -0.39 is 6.61 Å². The maximum Gasteiger partial charge on any atom is 0.387 e. The van der Waals surface area contributed by atoms with E-state index in [1.165, 1.54) is 30.7 Å². The van der Waals surface area contributed by atoms with Gasteiger partial charge in [0, 0.05) is 18.0 Å². The number of nitrogens with zero attached hydrogens (tertiary/aromatic N) is 2. The first-order valence-corrected chi connectivity index (χ1v) is 5.05. The molecule has 0 spiro atoms. The van der Waals surface area contributed by atoms with Crippen molar-refractivity contribution in [3.8, 4) is 17.0 Å². The third-order valence-corrected chi connectivity index (χ3v) is 2.32. The maximum atomic E-state index is 12.1. The molecule has 0 aliphatic carbocycles. The van der Waals surface area contributed by atoms with Gasteiger partial charge in [0.2, 0.25) is 0 Å². The lowest BCUT2D eigenvalue weighted by Gasteiger charge is -2.08. The van der Waals surface area contributed by atoms with Crippen molar-refractivity contribution < 1.29 is 13.5 Å². The molecule has 17 heavy (non-hydrogen) atoms. The van der Waals surface area contributed by atoms with Crippen LogP contribution in [0.15, 0.2) is 36.8 Å². The average molecular weight is 257 g/mol. The van der Waals surface area contributed by atoms with Crippen molar-refractivity contribution in [3.63, 3.8) is 0 Å². The van der Waals surface area contributed by atoms with Crippen molar-refractivity contribution in [3.05, 3.63) is 41.8 Å². The zero-order valence-corrected chi connectivity index (χ0v) is 9.23. The van der Waals surface area contributed by atoms with Crippen LogP contribution in [0.1, 0.15) is 0 Å². The fourth-order valence-corrected chi connectivity index (χ4v) is 1.46. The van der Waals surface area contributed by atoms with Crippen molar-refractivity contribution in [2.24, 2.45) is 0 Å². The summed E-state index contributed by atoms with van der Waals surface area (Å²) in [6.07, 6.45) is 4.56. The molecular weight excluding hydrogens is 250 g/mol. The lowest BCUT2D eigenvalue weighted by molar-refractivity contribution is -0.0497. The van der Waals surface area contributed by atoms with E-state index in [1.807, 2.05) is 0 Å². The molecule has 0 bridgehead atoms. The van der Waals surface area contributed by atoms with Crippen LogP contribution in [0.5, 0.6) is 5.75 Å². The molecule has 0 unspecified atom stereocenters. The van der Waals surface area contributed by atoms with E-state index in [0.29, 0.717) is 11.3 Å². The van der Waals surface area contributed by atoms with Crippen LogP contribution in [0, 0.1) is 0 Å². The lowest BCUT2D eigenvalue weighted by atomic mass is 10.1. The van der Waals surface area contributed by atoms with Crippen molar-refractivity contribution in [2.45, 2.75) is 6.61 Å². The van der Waals surface area contributed by atoms with Crippen molar-refractivity contribution in [2.75, 3.05) is 0 Å². The molecular formula is C11H7ClF2N2O. The summed E-state index contributed by atoms with van der Waals surface area (Å²) in [5.41, 5.74) is 1.17. The van der Waals surface area contributed by atoms with Crippen LogP contribution in [-0.2, 0) is 0 Å². The summed E-state index contributed by atoms with van der Waals surface area (Å²) in [6, 6.07) is 4.53. The topological polar surface area (TPSA) is 35.0 Å². The van der Waals surface area contributed by atoms with E-state index in [0.717, 1.165) is 0 Å². The number of alkyl halides is 2. The Morgan fingerprint density at radius 2 is 2.06 bits per heavy atom. The van der Waals surface area contributed by atoms with Crippen LogP contribution in [0.4, 0.5) is 8.78 Å². The molecule has 6 heteroatoms. The molecule has 0 saturated carbocycles. The van der Waals surface area contributed by atoms with Crippen LogP contribution in [0.2, 0.25) is 5.02 Å². The Bertz CT molecular complexity index is 508. The molecule has 1 aromatic heterocycles. The number of rotatable bonds is 3. The smallest absolute Gasteiger partial charge is 0.387 e. The van der Waals surface area contributed by atoms with Crippen LogP contribution >= 0.6 is 11.6 Å². The number of benzene rings is 1. The molecule has 0 atom stereocenters. The van der Waals surface area contributed by atoms with Gasteiger partial charge in [-0.15, -0.1) is 0 Å². The van der Waals surface area contributed by atoms with Crippen LogP contribution < -0.4 is 4.74 Å². The molecule has 0 fully saturated rings. The quantitative estimate of drug-likeness (QED) is 0.844. The van der Waals surface area contributed by atoms with Crippen molar-refractivity contribution in [1.82, 2.24) is 9.97 Å². The fraction of sp³-hybridized carbons (Fsp3) is 0.0909. The van der Waals surface area contributed by atoms with E-state index in [-0.39, 0.29) is 10.8 Å². The average Bonchev–Trinajstić information content (AvgIpc) is 2.32. The summed E-state index contributed by atoms with van der Waals surface area (Å²) in [5.74, 6) is -0.0789. The van der Waals surface area contributed by atoms with Crippen LogP contribution in [0.25, 0.3) is 11.3 Å². The molecule has 3 nitrogen and oxygen atoms in total. The highest BCUT2D eigenvalue weighted by atomic mass is 35.5. The standard InChI is InChI=1S/C11H7ClF2N2O/c12-8-2-1-7(5-10(8)17-11(13)14)9-6-15-3-4-16-9/h1-6,11H. The van der Waals surface area contributed by atoms with E-state index >= 15 is 0 Å². The molecule has 0 aliphatic heterocycles. The Balaban J connectivity index is 2.37. The molecule has 0 aliphatic rings. The van der Waals surface area contributed by atoms with Gasteiger partial charge in [-0.1, -0.05) is 17.7 Å². The minimum atomic E-state index is -2.91. The highest BCUT2D eigenvalue weighted by molar-refractivity contribution is 6.32. The second-order valence-corrected chi connectivity index (χ2v) is 3.52. The number of aromatic nitrogens is 2. The Morgan fingerprint density at radius 3 is 2.71 bits per heavy atom. The zero-order valence-electron chi connectivity index (χ0n) is 8.48. The van der Waals surface area contributed by atoms with E-state index in [9.17, 15) is 8.78 Å². The third kappa shape index (κ3) is 2.88. The molecule has 1 heterocycles. The molecule has 2 rings (SSSR count). The van der Waals surface area contributed by atoms with Gasteiger partial charge in [-0.25, -0.2) is 0 Å². The zero-order chi connectivity index (χ0) is 12.3. The second kappa shape index (κ2) is 5.05. The highest BCUT2D eigenvalue weighted by Gasteiger charge is 2.10. The molecule has 1 aromatic carbocycles. The van der Waals surface area contributed by atoms with Gasteiger partial charge in [0.15, 0.2) is 0 Å². The summed E-state index contributed by atoms with van der Waals surface area (Å²) < 4.78 is 28.5. The Hall–Kier alpha value is -1.75. The predicted molar refractivity (Wildman–Crippen MR) is 59.1 cm³/mol. The molecule has 88 valence electrons. The van der Waals surface area contributed by atoms with Crippen molar-refractivity contribution >= 4 is 11.6 Å². The van der Waals surface area contributed by atoms with Gasteiger partial charge in [0.25, 0.3) is 0 Å². The summed E-state index contributed by atoms with van der Waals surface area (Å²) >= 11 is 5.73. The second-order valence-electron chi connectivity index (χ2n) is 3.11. The number of hydrogen-bond acceptors (Lipinski definition) is 3. The maximum absolute atomic E-state index is 12.1. The van der Waals surface area contributed by atoms with Gasteiger partial charge in [0.1, 0.15) is 5.75 Å². The first-order chi connectivity index (χ1) is 8.16. The third-order valence-electron chi connectivity index (χ3n) is 2.01. The Kier molecular flexibility index (Phi) is 3.49. The minimum absolute atomic E-state index is 0.0789. The van der Waals surface area contributed by atoms with Gasteiger partial charge in [-0.3, -0.25) is 9.97 Å².